The second kappa shape index (κ2) is 13.7. The number of anilines is 1. The quantitative estimate of drug-likeness (QED) is 0.264. The van der Waals surface area contributed by atoms with Crippen LogP contribution in [0.2, 0.25) is 0 Å². The molecule has 3 aliphatic rings. The van der Waals surface area contributed by atoms with E-state index in [1.54, 1.807) is 7.11 Å². The first kappa shape index (κ1) is 28.7. The molecule has 0 amide bonds. The molecule has 1 aromatic carbocycles. The number of pyridine rings is 1. The average Bonchev–Trinajstić information content (AvgIpc) is 3.43. The number of aryl methyl sites for hydroxylation is 1. The minimum atomic E-state index is -0.571. The predicted molar refractivity (Wildman–Crippen MR) is 156 cm³/mol. The number of ether oxygens (including phenoxy) is 4. The molecule has 2 fully saturated rings. The molecule has 5 rings (SSSR count). The number of hydrogen-bond acceptors (Lipinski definition) is 7. The van der Waals surface area contributed by atoms with Crippen molar-refractivity contribution in [2.24, 2.45) is 0 Å². The Morgan fingerprint density at radius 3 is 2.38 bits per heavy atom. The molecule has 39 heavy (non-hydrogen) atoms. The highest BCUT2D eigenvalue weighted by Gasteiger charge is 2.55. The molecule has 2 saturated heterocycles. The molecule has 2 aliphatic heterocycles. The van der Waals surface area contributed by atoms with Crippen molar-refractivity contribution in [1.82, 2.24) is 10.3 Å². The van der Waals surface area contributed by atoms with Gasteiger partial charge in [0.15, 0.2) is 12.1 Å². The molecular formula is C32H49N3O4. The second-order valence-electron chi connectivity index (χ2n) is 11.9. The summed E-state index contributed by atoms with van der Waals surface area (Å²) >= 11 is 0. The number of methoxy groups -OCH3 is 1. The fourth-order valence-corrected chi connectivity index (χ4v) is 6.46. The first-order valence-electron chi connectivity index (χ1n) is 15.4. The van der Waals surface area contributed by atoms with E-state index in [1.165, 1.54) is 86.5 Å². The number of nitrogens with zero attached hydrogens (tertiary/aromatic N) is 1. The average molecular weight is 540 g/mol. The Hall–Kier alpha value is -1.77. The highest BCUT2D eigenvalue weighted by atomic mass is 16.8. The van der Waals surface area contributed by atoms with Crippen molar-refractivity contribution in [1.29, 1.82) is 0 Å². The summed E-state index contributed by atoms with van der Waals surface area (Å²) in [6.07, 6.45) is 14.6. The first-order valence-corrected chi connectivity index (χ1v) is 15.4. The standard InChI is InChI=1S/C32H49N3O4/c1-32(2)38-29-27(37-31(36-3)30(29)39-32)22-33-20-14-8-6-4-5-7-9-15-21-34-28-23-16-10-12-18-25(23)35-26-19-13-11-17-24(26)28/h10,12,16,18,27,29-31,33H,4-9,11,13-15,17,19-22H2,1-3H3,(H,34,35)/t27-,29-,30-,31-/m1/s1. The van der Waals surface area contributed by atoms with Crippen molar-refractivity contribution < 1.29 is 18.9 Å². The lowest BCUT2D eigenvalue weighted by Crippen LogP contribution is -2.37. The smallest absolute Gasteiger partial charge is 0.186 e. The molecule has 0 spiro atoms. The Balaban J connectivity index is 0.900. The molecule has 216 valence electrons. The summed E-state index contributed by atoms with van der Waals surface area (Å²) in [6.45, 7) is 6.74. The number of hydrogen-bond donors (Lipinski definition) is 2. The molecule has 4 atom stereocenters. The van der Waals surface area contributed by atoms with Gasteiger partial charge in [0.25, 0.3) is 0 Å². The van der Waals surface area contributed by atoms with Gasteiger partial charge in [0.2, 0.25) is 0 Å². The van der Waals surface area contributed by atoms with Gasteiger partial charge in [-0.25, -0.2) is 0 Å². The molecule has 1 aromatic heterocycles. The number of fused-ring (bicyclic) bond motifs is 3. The monoisotopic (exact) mass is 539 g/mol. The van der Waals surface area contributed by atoms with Crippen molar-refractivity contribution in [2.45, 2.75) is 121 Å². The zero-order chi connectivity index (χ0) is 27.1. The largest absolute Gasteiger partial charge is 0.384 e. The molecule has 0 saturated carbocycles. The van der Waals surface area contributed by atoms with Gasteiger partial charge in [-0.1, -0.05) is 56.7 Å². The molecule has 7 nitrogen and oxygen atoms in total. The maximum Gasteiger partial charge on any atom is 0.186 e. The molecule has 0 radical (unpaired) electrons. The van der Waals surface area contributed by atoms with Crippen LogP contribution in [0.4, 0.5) is 5.69 Å². The van der Waals surface area contributed by atoms with Gasteiger partial charge >= 0.3 is 0 Å². The summed E-state index contributed by atoms with van der Waals surface area (Å²) in [7, 11) is 1.67. The van der Waals surface area contributed by atoms with Crippen LogP contribution in [0, 0.1) is 0 Å². The van der Waals surface area contributed by atoms with E-state index in [-0.39, 0.29) is 24.6 Å². The number of aromatic nitrogens is 1. The SMILES string of the molecule is CO[C@@H]1O[C@H](CNCCCCCCCCCCNc2c3c(nc4ccccc24)CCCC3)[C@H]2OC(C)(C)O[C@@H]12. The third-order valence-corrected chi connectivity index (χ3v) is 8.44. The molecule has 3 heterocycles. The zero-order valence-electron chi connectivity index (χ0n) is 24.3. The van der Waals surface area contributed by atoms with Crippen LogP contribution < -0.4 is 10.6 Å². The van der Waals surface area contributed by atoms with E-state index in [0.29, 0.717) is 0 Å². The summed E-state index contributed by atoms with van der Waals surface area (Å²) in [4.78, 5) is 4.96. The van der Waals surface area contributed by atoms with Crippen molar-refractivity contribution in [2.75, 3.05) is 32.1 Å². The number of rotatable bonds is 15. The van der Waals surface area contributed by atoms with Crippen LogP contribution in [0.1, 0.15) is 89.3 Å². The van der Waals surface area contributed by atoms with Crippen LogP contribution in [0.5, 0.6) is 0 Å². The molecular weight excluding hydrogens is 490 g/mol. The van der Waals surface area contributed by atoms with E-state index in [1.807, 2.05) is 13.8 Å². The lowest BCUT2D eigenvalue weighted by molar-refractivity contribution is -0.226. The van der Waals surface area contributed by atoms with Crippen molar-refractivity contribution >= 4 is 16.6 Å². The van der Waals surface area contributed by atoms with Gasteiger partial charge in [0.05, 0.1) is 5.52 Å². The topological polar surface area (TPSA) is 73.9 Å². The Labute approximate surface area is 234 Å². The number of benzene rings is 1. The molecule has 2 N–H and O–H groups in total. The maximum absolute atomic E-state index is 6.06. The van der Waals surface area contributed by atoms with Crippen molar-refractivity contribution in [3.8, 4) is 0 Å². The summed E-state index contributed by atoms with van der Waals surface area (Å²) in [5.41, 5.74) is 5.28. The predicted octanol–water partition coefficient (Wildman–Crippen LogP) is 6.13. The molecule has 2 aromatic rings. The Kier molecular flexibility index (Phi) is 10.1. The minimum Gasteiger partial charge on any atom is -0.384 e. The lowest BCUT2D eigenvalue weighted by atomic mass is 9.92. The number of para-hydroxylation sites is 1. The van der Waals surface area contributed by atoms with Crippen LogP contribution in [0.25, 0.3) is 10.9 Å². The Morgan fingerprint density at radius 1 is 0.897 bits per heavy atom. The summed E-state index contributed by atoms with van der Waals surface area (Å²) in [5, 5.41) is 8.65. The fourth-order valence-electron chi connectivity index (χ4n) is 6.46. The van der Waals surface area contributed by atoms with E-state index in [2.05, 4.69) is 34.9 Å². The molecule has 1 aliphatic carbocycles. The second-order valence-corrected chi connectivity index (χ2v) is 11.9. The van der Waals surface area contributed by atoms with E-state index >= 15 is 0 Å². The van der Waals surface area contributed by atoms with E-state index in [0.717, 1.165) is 38.0 Å². The molecule has 0 bridgehead atoms. The lowest BCUT2D eigenvalue weighted by Gasteiger charge is -2.23. The normalized spacial score (nSPS) is 25.6. The Bertz CT molecular complexity index is 1060. The number of unbranched alkanes of at least 4 members (excludes halogenated alkanes) is 7. The fraction of sp³-hybridized carbons (Fsp3) is 0.719. The van der Waals surface area contributed by atoms with E-state index in [4.69, 9.17) is 23.9 Å². The summed E-state index contributed by atoms with van der Waals surface area (Å²) in [6, 6.07) is 8.62. The van der Waals surface area contributed by atoms with Gasteiger partial charge in [-0.15, -0.1) is 0 Å². The first-order chi connectivity index (χ1) is 19.1. The van der Waals surface area contributed by atoms with Gasteiger partial charge in [-0.3, -0.25) is 4.98 Å². The van der Waals surface area contributed by atoms with Gasteiger partial charge in [0.1, 0.15) is 18.3 Å². The van der Waals surface area contributed by atoms with E-state index < -0.39 is 5.79 Å². The van der Waals surface area contributed by atoms with Gasteiger partial charge in [-0.2, -0.15) is 0 Å². The third kappa shape index (κ3) is 7.31. The third-order valence-electron chi connectivity index (χ3n) is 8.44. The minimum absolute atomic E-state index is 0.0288. The van der Waals surface area contributed by atoms with Gasteiger partial charge in [-0.05, 0) is 70.5 Å². The number of nitrogens with one attached hydrogen (secondary N) is 2. The van der Waals surface area contributed by atoms with Gasteiger partial charge < -0.3 is 29.6 Å². The zero-order valence-corrected chi connectivity index (χ0v) is 24.3. The van der Waals surface area contributed by atoms with Crippen LogP contribution in [0.3, 0.4) is 0 Å². The van der Waals surface area contributed by atoms with Crippen LogP contribution in [0.15, 0.2) is 24.3 Å². The van der Waals surface area contributed by atoms with Crippen molar-refractivity contribution in [3.63, 3.8) is 0 Å². The van der Waals surface area contributed by atoms with Crippen LogP contribution >= 0.6 is 0 Å². The highest BCUT2D eigenvalue weighted by molar-refractivity contribution is 5.93. The summed E-state index contributed by atoms with van der Waals surface area (Å²) < 4.78 is 23.5. The summed E-state index contributed by atoms with van der Waals surface area (Å²) in [5.74, 6) is -0.571. The van der Waals surface area contributed by atoms with Crippen molar-refractivity contribution in [3.05, 3.63) is 35.5 Å². The van der Waals surface area contributed by atoms with Crippen LogP contribution in [-0.4, -0.2) is 62.1 Å². The Morgan fingerprint density at radius 2 is 1.59 bits per heavy atom. The van der Waals surface area contributed by atoms with E-state index in [9.17, 15) is 0 Å². The van der Waals surface area contributed by atoms with Crippen LogP contribution in [-0.2, 0) is 31.8 Å². The molecule has 0 unspecified atom stereocenters. The maximum atomic E-state index is 6.06. The van der Waals surface area contributed by atoms with Gasteiger partial charge in [0, 0.05) is 37.0 Å². The molecule has 7 heteroatoms. The highest BCUT2D eigenvalue weighted by Crippen LogP contribution is 2.38.